The monoisotopic (exact) mass is 432 g/mol. The fraction of sp³-hybridized carbons (Fsp3) is 0.333. The van der Waals surface area contributed by atoms with Crippen molar-refractivity contribution >= 4 is 29.9 Å². The molecule has 2 bridgehead atoms. The molecule has 0 spiro atoms. The highest BCUT2D eigenvalue weighted by Crippen LogP contribution is 2.31. The summed E-state index contributed by atoms with van der Waals surface area (Å²) in [7, 11) is 0. The highest BCUT2D eigenvalue weighted by Gasteiger charge is 2.39. The number of nitrogens with one attached hydrogen (secondary N) is 1. The van der Waals surface area contributed by atoms with Crippen LogP contribution in [0.15, 0.2) is 53.1 Å². The van der Waals surface area contributed by atoms with Crippen LogP contribution < -0.4 is 5.32 Å². The van der Waals surface area contributed by atoms with Crippen LogP contribution in [-0.4, -0.2) is 45.8 Å². The maximum Gasteiger partial charge on any atom is 0.274 e. The molecule has 8 heteroatoms. The Morgan fingerprint density at radius 1 is 1.14 bits per heavy atom. The number of furan rings is 1. The summed E-state index contributed by atoms with van der Waals surface area (Å²) in [5, 5.41) is 8.72. The summed E-state index contributed by atoms with van der Waals surface area (Å²) >= 11 is 6.18. The number of aromatic nitrogens is 2. The van der Waals surface area contributed by atoms with E-state index in [1.54, 1.807) is 10.9 Å². The molecule has 2 saturated heterocycles. The lowest BCUT2D eigenvalue weighted by Crippen LogP contribution is -2.42. The normalized spacial score (nSPS) is 20.9. The highest BCUT2D eigenvalue weighted by atomic mass is 35.5. The Kier molecular flexibility index (Phi) is 5.67. The third kappa shape index (κ3) is 3.68. The molecular weight excluding hydrogens is 411 g/mol. The summed E-state index contributed by atoms with van der Waals surface area (Å²) < 4.78 is 7.33. The third-order valence-electron chi connectivity index (χ3n) is 5.64. The molecule has 5 rings (SSSR count). The predicted octanol–water partition coefficient (Wildman–Crippen LogP) is 4.17. The summed E-state index contributed by atoms with van der Waals surface area (Å²) in [6.45, 7) is 1.81. The van der Waals surface area contributed by atoms with Crippen LogP contribution in [0.3, 0.4) is 0 Å². The maximum atomic E-state index is 13.4. The van der Waals surface area contributed by atoms with E-state index in [0.717, 1.165) is 43.7 Å². The molecule has 4 heterocycles. The minimum absolute atomic E-state index is 0. The number of nitrogens with zero attached hydrogens (tertiary/aromatic N) is 3. The first kappa shape index (κ1) is 20.0. The quantitative estimate of drug-likeness (QED) is 0.674. The molecule has 29 heavy (non-hydrogen) atoms. The SMILES string of the molecule is Cl.O=C(c1cc(-c2ccco2)n(-c2cccc(Cl)c2)n1)N1C2CCNCC1CC2. The van der Waals surface area contributed by atoms with E-state index in [1.807, 2.05) is 47.4 Å². The van der Waals surface area contributed by atoms with Crippen molar-refractivity contribution in [2.24, 2.45) is 0 Å². The van der Waals surface area contributed by atoms with Crippen molar-refractivity contribution in [3.63, 3.8) is 0 Å². The molecule has 2 unspecified atom stereocenters. The van der Waals surface area contributed by atoms with Gasteiger partial charge < -0.3 is 14.6 Å². The number of amides is 1. The first-order valence-electron chi connectivity index (χ1n) is 9.64. The summed E-state index contributed by atoms with van der Waals surface area (Å²) in [6.07, 6.45) is 4.72. The molecule has 152 valence electrons. The summed E-state index contributed by atoms with van der Waals surface area (Å²) in [5.74, 6) is 0.650. The molecular formula is C21H22Cl2N4O2. The van der Waals surface area contributed by atoms with E-state index in [0.29, 0.717) is 16.5 Å². The van der Waals surface area contributed by atoms with Gasteiger partial charge in [-0.1, -0.05) is 17.7 Å². The Hall–Kier alpha value is -2.28. The Labute approximate surface area is 180 Å². The van der Waals surface area contributed by atoms with Crippen molar-refractivity contribution in [2.75, 3.05) is 13.1 Å². The Bertz CT molecular complexity index is 988. The van der Waals surface area contributed by atoms with Crippen LogP contribution in [0.2, 0.25) is 5.02 Å². The van der Waals surface area contributed by atoms with Gasteiger partial charge in [0.2, 0.25) is 0 Å². The number of carbonyl (C=O) groups excluding carboxylic acids is 1. The van der Waals surface area contributed by atoms with E-state index in [4.69, 9.17) is 16.0 Å². The highest BCUT2D eigenvalue weighted by molar-refractivity contribution is 6.30. The molecule has 2 aliphatic rings. The number of fused-ring (bicyclic) bond motifs is 2. The maximum absolute atomic E-state index is 13.4. The van der Waals surface area contributed by atoms with E-state index in [2.05, 4.69) is 10.4 Å². The van der Waals surface area contributed by atoms with Crippen molar-refractivity contribution < 1.29 is 9.21 Å². The summed E-state index contributed by atoms with van der Waals surface area (Å²) in [6, 6.07) is 13.5. The first-order valence-corrected chi connectivity index (χ1v) is 10.0. The standard InChI is InChI=1S/C21H21ClN4O2.ClH/c22-14-3-1-4-16(11-14)26-19(20-5-2-10-28-20)12-18(24-26)21(27)25-15-6-7-17(25)13-23-9-8-15;/h1-5,10-12,15,17,23H,6-9,13H2;1H. The van der Waals surface area contributed by atoms with Gasteiger partial charge >= 0.3 is 0 Å². The second-order valence-electron chi connectivity index (χ2n) is 7.37. The smallest absolute Gasteiger partial charge is 0.274 e. The molecule has 1 amide bonds. The van der Waals surface area contributed by atoms with Gasteiger partial charge in [0, 0.05) is 29.7 Å². The van der Waals surface area contributed by atoms with Crippen molar-refractivity contribution in [1.29, 1.82) is 0 Å². The van der Waals surface area contributed by atoms with Gasteiger partial charge in [-0.3, -0.25) is 4.79 Å². The lowest BCUT2D eigenvalue weighted by Gasteiger charge is -2.27. The fourth-order valence-corrected chi connectivity index (χ4v) is 4.52. The van der Waals surface area contributed by atoms with Gasteiger partial charge in [0.15, 0.2) is 11.5 Å². The van der Waals surface area contributed by atoms with Gasteiger partial charge in [0.25, 0.3) is 5.91 Å². The van der Waals surface area contributed by atoms with Crippen LogP contribution in [0, 0.1) is 0 Å². The zero-order valence-electron chi connectivity index (χ0n) is 15.8. The van der Waals surface area contributed by atoms with Gasteiger partial charge in [0.1, 0.15) is 5.69 Å². The molecule has 2 aliphatic heterocycles. The van der Waals surface area contributed by atoms with Crippen LogP contribution in [0.1, 0.15) is 29.8 Å². The Morgan fingerprint density at radius 2 is 2.00 bits per heavy atom. The van der Waals surface area contributed by atoms with E-state index < -0.39 is 0 Å². The topological polar surface area (TPSA) is 63.3 Å². The minimum Gasteiger partial charge on any atom is -0.463 e. The number of hydrogen-bond donors (Lipinski definition) is 1. The molecule has 3 aromatic rings. The molecule has 6 nitrogen and oxygen atoms in total. The molecule has 1 N–H and O–H groups in total. The van der Waals surface area contributed by atoms with Crippen LogP contribution in [0.25, 0.3) is 17.1 Å². The molecule has 0 saturated carbocycles. The second kappa shape index (κ2) is 8.22. The Morgan fingerprint density at radius 3 is 2.79 bits per heavy atom. The van der Waals surface area contributed by atoms with Crippen molar-refractivity contribution in [2.45, 2.75) is 31.3 Å². The first-order chi connectivity index (χ1) is 13.7. The number of rotatable bonds is 3. The molecule has 2 fully saturated rings. The number of carbonyl (C=O) groups is 1. The van der Waals surface area contributed by atoms with Crippen LogP contribution >= 0.6 is 24.0 Å². The average molecular weight is 433 g/mol. The fourth-order valence-electron chi connectivity index (χ4n) is 4.34. The van der Waals surface area contributed by atoms with Crippen LogP contribution in [0.5, 0.6) is 0 Å². The number of benzene rings is 1. The van der Waals surface area contributed by atoms with Gasteiger partial charge in [-0.25, -0.2) is 4.68 Å². The molecule has 0 radical (unpaired) electrons. The largest absolute Gasteiger partial charge is 0.463 e. The molecule has 1 aromatic carbocycles. The predicted molar refractivity (Wildman–Crippen MR) is 114 cm³/mol. The number of halogens is 2. The molecule has 2 aromatic heterocycles. The Balaban J connectivity index is 0.00000205. The van der Waals surface area contributed by atoms with Crippen LogP contribution in [0.4, 0.5) is 0 Å². The zero-order chi connectivity index (χ0) is 19.1. The van der Waals surface area contributed by atoms with E-state index in [1.165, 1.54) is 0 Å². The van der Waals surface area contributed by atoms with Crippen molar-refractivity contribution in [3.05, 3.63) is 59.4 Å². The van der Waals surface area contributed by atoms with Crippen molar-refractivity contribution in [3.8, 4) is 17.1 Å². The minimum atomic E-state index is -0.00946. The van der Waals surface area contributed by atoms with E-state index >= 15 is 0 Å². The zero-order valence-corrected chi connectivity index (χ0v) is 17.3. The summed E-state index contributed by atoms with van der Waals surface area (Å²) in [5.41, 5.74) is 1.96. The molecule has 2 atom stereocenters. The van der Waals surface area contributed by atoms with Gasteiger partial charge in [-0.05, 0) is 56.1 Å². The van der Waals surface area contributed by atoms with E-state index in [-0.39, 0.29) is 30.4 Å². The van der Waals surface area contributed by atoms with E-state index in [9.17, 15) is 4.79 Å². The lowest BCUT2D eigenvalue weighted by atomic mass is 10.1. The third-order valence-corrected chi connectivity index (χ3v) is 5.88. The van der Waals surface area contributed by atoms with Gasteiger partial charge in [-0.15, -0.1) is 12.4 Å². The van der Waals surface area contributed by atoms with Gasteiger partial charge in [-0.2, -0.15) is 5.10 Å². The van der Waals surface area contributed by atoms with Crippen LogP contribution in [-0.2, 0) is 0 Å². The lowest BCUT2D eigenvalue weighted by molar-refractivity contribution is 0.0673. The average Bonchev–Trinajstić information content (AvgIpc) is 3.38. The van der Waals surface area contributed by atoms with Gasteiger partial charge in [0.05, 0.1) is 12.0 Å². The number of hydrogen-bond acceptors (Lipinski definition) is 4. The summed E-state index contributed by atoms with van der Waals surface area (Å²) in [4.78, 5) is 15.5. The second-order valence-corrected chi connectivity index (χ2v) is 7.81. The molecule has 0 aliphatic carbocycles. The van der Waals surface area contributed by atoms with Crippen molar-refractivity contribution in [1.82, 2.24) is 20.0 Å².